The number of methoxy groups -OCH3 is 1. The molecule has 3 N–H and O–H groups in total. The molecule has 0 unspecified atom stereocenters. The van der Waals surface area contributed by atoms with E-state index in [2.05, 4.69) is 17.2 Å². The molecule has 0 aromatic carbocycles. The summed E-state index contributed by atoms with van der Waals surface area (Å²) in [7, 11) is 1.62. The molecule has 2 rings (SSSR count). The van der Waals surface area contributed by atoms with Crippen LogP contribution < -0.4 is 15.8 Å². The molecule has 1 fully saturated rings. The summed E-state index contributed by atoms with van der Waals surface area (Å²) < 4.78 is 5.11. The van der Waals surface area contributed by atoms with Gasteiger partial charge in [0.1, 0.15) is 0 Å². The third kappa shape index (κ3) is 3.28. The van der Waals surface area contributed by atoms with Crippen LogP contribution in [-0.2, 0) is 0 Å². The van der Waals surface area contributed by atoms with Crippen LogP contribution in [0.5, 0.6) is 5.88 Å². The third-order valence-corrected chi connectivity index (χ3v) is 3.80. The number of rotatable bonds is 4. The zero-order valence-corrected chi connectivity index (χ0v) is 11.3. The lowest BCUT2D eigenvalue weighted by Crippen LogP contribution is -2.21. The number of aromatic nitrogens is 1. The van der Waals surface area contributed by atoms with Crippen LogP contribution in [0.3, 0.4) is 0 Å². The second kappa shape index (κ2) is 5.94. The lowest BCUT2D eigenvalue weighted by Gasteiger charge is -2.26. The van der Waals surface area contributed by atoms with E-state index in [1.165, 1.54) is 25.7 Å². The van der Waals surface area contributed by atoms with E-state index >= 15 is 0 Å². The van der Waals surface area contributed by atoms with Gasteiger partial charge in [0, 0.05) is 12.6 Å². The first-order chi connectivity index (χ1) is 8.69. The number of nitrogens with zero attached hydrogens (tertiary/aromatic N) is 1. The normalized spacial score (nSPS) is 23.7. The van der Waals surface area contributed by atoms with E-state index < -0.39 is 0 Å². The molecule has 1 aromatic heterocycles. The lowest BCUT2D eigenvalue weighted by molar-refractivity contribution is 0.300. The summed E-state index contributed by atoms with van der Waals surface area (Å²) in [5.74, 6) is 2.98. The minimum absolute atomic E-state index is 0.601. The van der Waals surface area contributed by atoms with Gasteiger partial charge in [0.25, 0.3) is 0 Å². The number of nitrogens with one attached hydrogen (secondary N) is 1. The van der Waals surface area contributed by atoms with Crippen molar-refractivity contribution >= 4 is 11.5 Å². The molecule has 0 aliphatic heterocycles. The summed E-state index contributed by atoms with van der Waals surface area (Å²) in [6, 6.07) is 3.61. The third-order valence-electron chi connectivity index (χ3n) is 3.80. The van der Waals surface area contributed by atoms with Crippen LogP contribution in [0, 0.1) is 11.8 Å². The second-order valence-electron chi connectivity index (χ2n) is 5.30. The summed E-state index contributed by atoms with van der Waals surface area (Å²) in [4.78, 5) is 4.33. The Morgan fingerprint density at radius 3 is 2.72 bits per heavy atom. The molecule has 1 aromatic rings. The highest BCUT2D eigenvalue weighted by molar-refractivity contribution is 5.61. The molecule has 0 atom stereocenters. The maximum Gasteiger partial charge on any atom is 0.215 e. The Hall–Kier alpha value is -1.45. The van der Waals surface area contributed by atoms with Gasteiger partial charge in [-0.05, 0) is 30.7 Å². The van der Waals surface area contributed by atoms with Gasteiger partial charge in [-0.3, -0.25) is 0 Å². The molecular weight excluding hydrogens is 226 g/mol. The van der Waals surface area contributed by atoms with Gasteiger partial charge in [0.05, 0.1) is 12.8 Å². The number of nitrogen functional groups attached to an aromatic ring is 1. The maximum atomic E-state index is 5.90. The summed E-state index contributed by atoms with van der Waals surface area (Å²) in [5, 5.41) is 3.36. The first kappa shape index (κ1) is 13.0. The molecule has 1 aliphatic carbocycles. The van der Waals surface area contributed by atoms with Gasteiger partial charge in [-0.15, -0.1) is 0 Å². The quantitative estimate of drug-likeness (QED) is 0.861. The van der Waals surface area contributed by atoms with Crippen molar-refractivity contribution in [3.63, 3.8) is 0 Å². The average Bonchev–Trinajstić information content (AvgIpc) is 2.40. The van der Waals surface area contributed by atoms with E-state index in [1.54, 1.807) is 13.2 Å². The molecule has 0 bridgehead atoms. The summed E-state index contributed by atoms with van der Waals surface area (Å²) in [6.07, 6.45) is 5.29. The first-order valence-electron chi connectivity index (χ1n) is 6.73. The van der Waals surface area contributed by atoms with Crippen LogP contribution in [0.2, 0.25) is 0 Å². The molecule has 0 radical (unpaired) electrons. The highest BCUT2D eigenvalue weighted by Crippen LogP contribution is 2.29. The van der Waals surface area contributed by atoms with Crippen molar-refractivity contribution in [1.29, 1.82) is 0 Å². The van der Waals surface area contributed by atoms with E-state index in [4.69, 9.17) is 10.5 Å². The number of hydrogen-bond acceptors (Lipinski definition) is 4. The monoisotopic (exact) mass is 249 g/mol. The van der Waals surface area contributed by atoms with E-state index in [-0.39, 0.29) is 0 Å². The minimum atomic E-state index is 0.601. The molecule has 4 heteroatoms. The molecule has 0 amide bonds. The summed E-state index contributed by atoms with van der Waals surface area (Å²) in [5.41, 5.74) is 6.58. The standard InChI is InChI=1S/C14H23N3O/c1-10-3-5-11(6-4-10)9-16-14-12(15)7-8-13(17-14)18-2/h7-8,10-11H,3-6,9,15H2,1-2H3,(H,16,17). The lowest BCUT2D eigenvalue weighted by atomic mass is 9.83. The fourth-order valence-corrected chi connectivity index (χ4v) is 2.48. The van der Waals surface area contributed by atoms with Crippen molar-refractivity contribution in [3.05, 3.63) is 12.1 Å². The van der Waals surface area contributed by atoms with Gasteiger partial charge < -0.3 is 15.8 Å². The van der Waals surface area contributed by atoms with Crippen LogP contribution in [0.1, 0.15) is 32.6 Å². The predicted octanol–water partition coefficient (Wildman–Crippen LogP) is 2.91. The van der Waals surface area contributed by atoms with Crippen LogP contribution >= 0.6 is 0 Å². The molecule has 1 aliphatic rings. The Morgan fingerprint density at radius 1 is 1.33 bits per heavy atom. The van der Waals surface area contributed by atoms with Crippen molar-refractivity contribution in [1.82, 2.24) is 4.98 Å². The maximum absolute atomic E-state index is 5.90. The largest absolute Gasteiger partial charge is 0.481 e. The van der Waals surface area contributed by atoms with Crippen LogP contribution in [-0.4, -0.2) is 18.6 Å². The van der Waals surface area contributed by atoms with E-state index in [0.29, 0.717) is 11.6 Å². The van der Waals surface area contributed by atoms with Crippen molar-refractivity contribution < 1.29 is 4.74 Å². The minimum Gasteiger partial charge on any atom is -0.481 e. The van der Waals surface area contributed by atoms with Crippen LogP contribution in [0.15, 0.2) is 12.1 Å². The number of pyridine rings is 1. The van der Waals surface area contributed by atoms with Crippen molar-refractivity contribution in [2.45, 2.75) is 32.6 Å². The van der Waals surface area contributed by atoms with E-state index in [1.807, 2.05) is 6.07 Å². The Balaban J connectivity index is 1.89. The number of nitrogens with two attached hydrogens (primary N) is 1. The van der Waals surface area contributed by atoms with Gasteiger partial charge in [0.2, 0.25) is 5.88 Å². The fraction of sp³-hybridized carbons (Fsp3) is 0.643. The Morgan fingerprint density at radius 2 is 2.06 bits per heavy atom. The Bertz CT molecular complexity index is 387. The van der Waals surface area contributed by atoms with Gasteiger partial charge in [-0.25, -0.2) is 0 Å². The van der Waals surface area contributed by atoms with Gasteiger partial charge in [-0.1, -0.05) is 19.8 Å². The molecule has 1 saturated carbocycles. The highest BCUT2D eigenvalue weighted by atomic mass is 16.5. The topological polar surface area (TPSA) is 60.2 Å². The van der Waals surface area contributed by atoms with Crippen LogP contribution in [0.25, 0.3) is 0 Å². The molecule has 0 saturated heterocycles. The van der Waals surface area contributed by atoms with Gasteiger partial charge in [-0.2, -0.15) is 4.98 Å². The van der Waals surface area contributed by atoms with E-state index in [9.17, 15) is 0 Å². The highest BCUT2D eigenvalue weighted by Gasteiger charge is 2.18. The predicted molar refractivity (Wildman–Crippen MR) is 74.8 cm³/mol. The van der Waals surface area contributed by atoms with E-state index in [0.717, 1.165) is 24.2 Å². The van der Waals surface area contributed by atoms with Crippen molar-refractivity contribution in [2.24, 2.45) is 11.8 Å². The van der Waals surface area contributed by atoms with Gasteiger partial charge >= 0.3 is 0 Å². The average molecular weight is 249 g/mol. The molecule has 1 heterocycles. The zero-order chi connectivity index (χ0) is 13.0. The Labute approximate surface area is 109 Å². The SMILES string of the molecule is COc1ccc(N)c(NCC2CCC(C)CC2)n1. The summed E-state index contributed by atoms with van der Waals surface area (Å²) in [6.45, 7) is 3.29. The van der Waals surface area contributed by atoms with Crippen LogP contribution in [0.4, 0.5) is 11.5 Å². The second-order valence-corrected chi connectivity index (χ2v) is 5.30. The van der Waals surface area contributed by atoms with Crippen molar-refractivity contribution in [3.8, 4) is 5.88 Å². The molecule has 0 spiro atoms. The smallest absolute Gasteiger partial charge is 0.215 e. The fourth-order valence-electron chi connectivity index (χ4n) is 2.48. The zero-order valence-electron chi connectivity index (χ0n) is 11.3. The first-order valence-corrected chi connectivity index (χ1v) is 6.73. The Kier molecular flexibility index (Phi) is 4.28. The molecule has 4 nitrogen and oxygen atoms in total. The number of anilines is 2. The molecule has 100 valence electrons. The van der Waals surface area contributed by atoms with Gasteiger partial charge in [0.15, 0.2) is 5.82 Å². The number of ether oxygens (including phenoxy) is 1. The van der Waals surface area contributed by atoms with Crippen molar-refractivity contribution in [2.75, 3.05) is 24.7 Å². The summed E-state index contributed by atoms with van der Waals surface area (Å²) >= 11 is 0. The number of hydrogen-bond donors (Lipinski definition) is 2. The molecule has 18 heavy (non-hydrogen) atoms. The molecular formula is C14H23N3O.